The first kappa shape index (κ1) is 15.1. The monoisotopic (exact) mass is 323 g/mol. The maximum atomic E-state index is 12.7. The Kier molecular flexibility index (Phi) is 3.92. The van der Waals surface area contributed by atoms with Crippen molar-refractivity contribution in [2.75, 3.05) is 19.7 Å². The molecule has 1 amide bonds. The van der Waals surface area contributed by atoms with Crippen LogP contribution >= 0.6 is 0 Å². The lowest BCUT2D eigenvalue weighted by molar-refractivity contribution is 0.0739. The molecular formula is C19H21N3O2. The van der Waals surface area contributed by atoms with Crippen molar-refractivity contribution in [1.29, 1.82) is 0 Å². The summed E-state index contributed by atoms with van der Waals surface area (Å²) in [6.45, 7) is 2.18. The summed E-state index contributed by atoms with van der Waals surface area (Å²) in [6.07, 6.45) is 6.89. The maximum Gasteiger partial charge on any atom is 0.272 e. The van der Waals surface area contributed by atoms with E-state index in [9.17, 15) is 4.79 Å². The fourth-order valence-electron chi connectivity index (χ4n) is 4.11. The molecule has 1 aliphatic heterocycles. The molecule has 0 N–H and O–H groups in total. The molecule has 2 aliphatic rings. The van der Waals surface area contributed by atoms with Crippen molar-refractivity contribution < 1.29 is 9.53 Å². The molecule has 0 unspecified atom stereocenters. The van der Waals surface area contributed by atoms with Gasteiger partial charge in [0, 0.05) is 37.0 Å². The number of likely N-dealkylation sites (tertiary alicyclic amines) is 1. The molecule has 124 valence electrons. The third-order valence-corrected chi connectivity index (χ3v) is 5.36. The SMILES string of the molecule is O=C(c1ccccn1)N1C[C@@H]2CCC[C@]2(COc2ccccn2)C1. The van der Waals surface area contributed by atoms with Crippen LogP contribution in [-0.2, 0) is 0 Å². The van der Waals surface area contributed by atoms with Crippen molar-refractivity contribution in [1.82, 2.24) is 14.9 Å². The van der Waals surface area contributed by atoms with Crippen LogP contribution < -0.4 is 4.74 Å². The van der Waals surface area contributed by atoms with E-state index in [2.05, 4.69) is 9.97 Å². The predicted molar refractivity (Wildman–Crippen MR) is 89.6 cm³/mol. The van der Waals surface area contributed by atoms with E-state index in [-0.39, 0.29) is 11.3 Å². The summed E-state index contributed by atoms with van der Waals surface area (Å²) in [5.41, 5.74) is 0.584. The van der Waals surface area contributed by atoms with Gasteiger partial charge < -0.3 is 9.64 Å². The van der Waals surface area contributed by atoms with Gasteiger partial charge in [-0.05, 0) is 37.0 Å². The van der Waals surface area contributed by atoms with Gasteiger partial charge in [0.2, 0.25) is 5.88 Å². The molecule has 5 nitrogen and oxygen atoms in total. The van der Waals surface area contributed by atoms with E-state index in [0.717, 1.165) is 25.9 Å². The average molecular weight is 323 g/mol. The molecule has 0 spiro atoms. The normalized spacial score (nSPS) is 25.5. The summed E-state index contributed by atoms with van der Waals surface area (Å²) < 4.78 is 5.96. The highest BCUT2D eigenvalue weighted by Crippen LogP contribution is 2.49. The van der Waals surface area contributed by atoms with E-state index in [4.69, 9.17) is 4.74 Å². The molecule has 2 aromatic rings. The van der Waals surface area contributed by atoms with Crippen molar-refractivity contribution >= 4 is 5.91 Å². The Morgan fingerprint density at radius 3 is 2.79 bits per heavy atom. The number of hydrogen-bond acceptors (Lipinski definition) is 4. The molecule has 0 bridgehead atoms. The predicted octanol–water partition coefficient (Wildman–Crippen LogP) is 2.80. The van der Waals surface area contributed by atoms with E-state index >= 15 is 0 Å². The van der Waals surface area contributed by atoms with Crippen molar-refractivity contribution in [3.05, 3.63) is 54.5 Å². The lowest BCUT2D eigenvalue weighted by atomic mass is 9.81. The van der Waals surface area contributed by atoms with Gasteiger partial charge in [0.25, 0.3) is 5.91 Å². The second-order valence-electron chi connectivity index (χ2n) is 6.81. The summed E-state index contributed by atoms with van der Waals surface area (Å²) in [7, 11) is 0. The Hall–Kier alpha value is -2.43. The number of carbonyl (C=O) groups excluding carboxylic acids is 1. The van der Waals surface area contributed by atoms with Crippen LogP contribution in [0.5, 0.6) is 5.88 Å². The van der Waals surface area contributed by atoms with Crippen molar-refractivity contribution in [3.8, 4) is 5.88 Å². The van der Waals surface area contributed by atoms with Crippen LogP contribution in [0.3, 0.4) is 0 Å². The van der Waals surface area contributed by atoms with Crippen LogP contribution in [0.1, 0.15) is 29.8 Å². The van der Waals surface area contributed by atoms with Crippen LogP contribution in [0.15, 0.2) is 48.8 Å². The standard InChI is InChI=1S/C19H21N3O2/c23-18(16-7-1-3-10-20-16)22-12-15-6-5-9-19(15,13-22)14-24-17-8-2-4-11-21-17/h1-4,7-8,10-11,15H,5-6,9,12-14H2/t15-,19+/m0/s1. The fraction of sp³-hybridized carbons (Fsp3) is 0.421. The molecule has 3 heterocycles. The zero-order valence-electron chi connectivity index (χ0n) is 13.6. The first-order valence-electron chi connectivity index (χ1n) is 8.51. The molecule has 5 heteroatoms. The molecule has 2 fully saturated rings. The molecule has 2 atom stereocenters. The van der Waals surface area contributed by atoms with Crippen molar-refractivity contribution in [2.45, 2.75) is 19.3 Å². The number of aromatic nitrogens is 2. The third kappa shape index (κ3) is 2.75. The van der Waals surface area contributed by atoms with Gasteiger partial charge in [0.15, 0.2) is 0 Å². The molecular weight excluding hydrogens is 302 g/mol. The molecule has 0 radical (unpaired) electrons. The smallest absolute Gasteiger partial charge is 0.272 e. The molecule has 1 saturated heterocycles. The second kappa shape index (κ2) is 6.23. The number of fused-ring (bicyclic) bond motifs is 1. The van der Waals surface area contributed by atoms with Gasteiger partial charge in [0.05, 0.1) is 6.61 Å². The Morgan fingerprint density at radius 1 is 1.21 bits per heavy atom. The highest BCUT2D eigenvalue weighted by molar-refractivity contribution is 5.92. The maximum absolute atomic E-state index is 12.7. The number of nitrogens with zero attached hydrogens (tertiary/aromatic N) is 3. The largest absolute Gasteiger partial charge is 0.477 e. The summed E-state index contributed by atoms with van der Waals surface area (Å²) in [6, 6.07) is 11.2. The topological polar surface area (TPSA) is 55.3 Å². The van der Waals surface area contributed by atoms with Gasteiger partial charge in [-0.25, -0.2) is 4.98 Å². The van der Waals surface area contributed by atoms with Crippen molar-refractivity contribution in [3.63, 3.8) is 0 Å². The van der Waals surface area contributed by atoms with E-state index in [0.29, 0.717) is 24.1 Å². The Balaban J connectivity index is 1.48. The van der Waals surface area contributed by atoms with Crippen LogP contribution in [0.25, 0.3) is 0 Å². The van der Waals surface area contributed by atoms with E-state index in [1.807, 2.05) is 35.2 Å². The van der Waals surface area contributed by atoms with Crippen LogP contribution in [0.4, 0.5) is 0 Å². The first-order chi connectivity index (χ1) is 11.8. The van der Waals surface area contributed by atoms with Gasteiger partial charge in [-0.1, -0.05) is 18.6 Å². The molecule has 1 saturated carbocycles. The quantitative estimate of drug-likeness (QED) is 0.868. The highest BCUT2D eigenvalue weighted by atomic mass is 16.5. The molecule has 0 aromatic carbocycles. The molecule has 24 heavy (non-hydrogen) atoms. The Morgan fingerprint density at radius 2 is 2.04 bits per heavy atom. The molecule has 2 aromatic heterocycles. The second-order valence-corrected chi connectivity index (χ2v) is 6.81. The number of hydrogen-bond donors (Lipinski definition) is 0. The summed E-state index contributed by atoms with van der Waals surface area (Å²) in [5, 5.41) is 0. The highest BCUT2D eigenvalue weighted by Gasteiger charge is 2.51. The third-order valence-electron chi connectivity index (χ3n) is 5.36. The van der Waals surface area contributed by atoms with E-state index in [1.54, 1.807) is 18.5 Å². The number of carbonyl (C=O) groups is 1. The molecule has 1 aliphatic carbocycles. The lowest BCUT2D eigenvalue weighted by Crippen LogP contribution is -2.36. The summed E-state index contributed by atoms with van der Waals surface area (Å²) >= 11 is 0. The number of ether oxygens (including phenoxy) is 1. The van der Waals surface area contributed by atoms with Crippen LogP contribution in [0.2, 0.25) is 0 Å². The van der Waals surface area contributed by atoms with Gasteiger partial charge >= 0.3 is 0 Å². The zero-order valence-corrected chi connectivity index (χ0v) is 13.6. The minimum absolute atomic E-state index is 0.0298. The van der Waals surface area contributed by atoms with Gasteiger partial charge in [0.1, 0.15) is 5.69 Å². The zero-order chi connectivity index (χ0) is 16.4. The first-order valence-corrected chi connectivity index (χ1v) is 8.51. The van der Waals surface area contributed by atoms with Crippen molar-refractivity contribution in [2.24, 2.45) is 11.3 Å². The Labute approximate surface area is 141 Å². The number of pyridine rings is 2. The van der Waals surface area contributed by atoms with Gasteiger partial charge in [-0.3, -0.25) is 9.78 Å². The van der Waals surface area contributed by atoms with Gasteiger partial charge in [-0.2, -0.15) is 0 Å². The number of rotatable bonds is 4. The van der Waals surface area contributed by atoms with Crippen LogP contribution in [0, 0.1) is 11.3 Å². The Bertz CT molecular complexity index is 707. The van der Waals surface area contributed by atoms with E-state index < -0.39 is 0 Å². The van der Waals surface area contributed by atoms with Gasteiger partial charge in [-0.15, -0.1) is 0 Å². The van der Waals surface area contributed by atoms with Crippen LogP contribution in [-0.4, -0.2) is 40.5 Å². The fourth-order valence-corrected chi connectivity index (χ4v) is 4.11. The minimum Gasteiger partial charge on any atom is -0.477 e. The summed E-state index contributed by atoms with van der Waals surface area (Å²) in [5.74, 6) is 1.20. The minimum atomic E-state index is 0.0298. The summed E-state index contributed by atoms with van der Waals surface area (Å²) in [4.78, 5) is 23.1. The molecule has 4 rings (SSSR count). The lowest BCUT2D eigenvalue weighted by Gasteiger charge is -2.28. The number of amides is 1. The average Bonchev–Trinajstić information content (AvgIpc) is 3.18. The van der Waals surface area contributed by atoms with E-state index in [1.165, 1.54) is 6.42 Å².